The lowest BCUT2D eigenvalue weighted by Crippen LogP contribution is -2.59. The van der Waals surface area contributed by atoms with E-state index in [0.29, 0.717) is 24.1 Å². The fraction of sp³-hybridized carbons (Fsp3) is 0.538. The van der Waals surface area contributed by atoms with Gasteiger partial charge < -0.3 is 9.64 Å². The summed E-state index contributed by atoms with van der Waals surface area (Å²) in [5.41, 5.74) is 1.09. The van der Waals surface area contributed by atoms with Gasteiger partial charge in [-0.15, -0.1) is 0 Å². The Morgan fingerprint density at radius 2 is 1.71 bits per heavy atom. The summed E-state index contributed by atoms with van der Waals surface area (Å²) in [6.07, 6.45) is 2.24. The zero-order valence-corrected chi connectivity index (χ0v) is 21.1. The lowest BCUT2D eigenvalue weighted by molar-refractivity contribution is -0.0107. The lowest BCUT2D eigenvalue weighted by atomic mass is 9.75. The summed E-state index contributed by atoms with van der Waals surface area (Å²) in [5.74, 6) is 1.73. The fourth-order valence-electron chi connectivity index (χ4n) is 5.88. The van der Waals surface area contributed by atoms with E-state index in [2.05, 4.69) is 19.4 Å². The number of hydrogen-bond donors (Lipinski definition) is 1. The lowest BCUT2D eigenvalue weighted by Gasteiger charge is -2.51. The standard InChI is InChI=1S/C26H35FN4O3S/c1-34-25-6-8-26(9-7-25)35(32,33)28-17-24-16-20-10-11-31(24)19-21(20)18-29-12-14-30(15-13-29)23-4-2-22(27)3-5-23/h2-9,20-21,24,28H,10-19H2,1H3/t20-,21-,24+/m0/s1. The predicted molar refractivity (Wildman–Crippen MR) is 135 cm³/mol. The van der Waals surface area contributed by atoms with Gasteiger partial charge in [0.15, 0.2) is 0 Å². The van der Waals surface area contributed by atoms with Gasteiger partial charge in [-0.25, -0.2) is 17.5 Å². The summed E-state index contributed by atoms with van der Waals surface area (Å²) in [7, 11) is -1.97. The van der Waals surface area contributed by atoms with Crippen molar-refractivity contribution in [1.82, 2.24) is 14.5 Å². The number of benzene rings is 2. The maximum absolute atomic E-state index is 13.2. The molecule has 1 N–H and O–H groups in total. The number of fused-ring (bicyclic) bond motifs is 3. The summed E-state index contributed by atoms with van der Waals surface area (Å²) in [4.78, 5) is 7.65. The van der Waals surface area contributed by atoms with Crippen LogP contribution in [0.1, 0.15) is 12.8 Å². The summed E-state index contributed by atoms with van der Waals surface area (Å²) in [6.45, 7) is 7.60. The molecule has 4 atom stereocenters. The van der Waals surface area contributed by atoms with E-state index in [4.69, 9.17) is 4.74 Å². The average molecular weight is 503 g/mol. The number of methoxy groups -OCH3 is 1. The summed E-state index contributed by atoms with van der Waals surface area (Å²) in [5, 5.41) is 0. The van der Waals surface area contributed by atoms with Crippen LogP contribution in [0.3, 0.4) is 0 Å². The monoisotopic (exact) mass is 502 g/mol. The van der Waals surface area contributed by atoms with Crippen molar-refractivity contribution in [2.75, 3.05) is 64.4 Å². The first-order valence-corrected chi connectivity index (χ1v) is 14.0. The van der Waals surface area contributed by atoms with Crippen molar-refractivity contribution >= 4 is 15.7 Å². The minimum Gasteiger partial charge on any atom is -0.497 e. The van der Waals surface area contributed by atoms with Gasteiger partial charge in [0.2, 0.25) is 10.0 Å². The Labute approximate surface area is 207 Å². The molecule has 190 valence electrons. The Bertz CT molecular complexity index is 1090. The van der Waals surface area contributed by atoms with Crippen LogP contribution in [0.2, 0.25) is 0 Å². The van der Waals surface area contributed by atoms with Gasteiger partial charge >= 0.3 is 0 Å². The number of nitrogens with zero attached hydrogens (tertiary/aromatic N) is 3. The van der Waals surface area contributed by atoms with E-state index in [-0.39, 0.29) is 16.8 Å². The first kappa shape index (κ1) is 24.5. The minimum absolute atomic E-state index is 0.193. The van der Waals surface area contributed by atoms with Crippen molar-refractivity contribution in [3.8, 4) is 5.75 Å². The molecule has 0 spiro atoms. The molecule has 4 fully saturated rings. The second kappa shape index (κ2) is 10.4. The highest BCUT2D eigenvalue weighted by atomic mass is 32.2. The number of hydrogen-bond acceptors (Lipinski definition) is 6. The number of sulfonamides is 1. The molecule has 4 aliphatic heterocycles. The maximum Gasteiger partial charge on any atom is 0.240 e. The second-order valence-electron chi connectivity index (χ2n) is 9.98. The van der Waals surface area contributed by atoms with Crippen LogP contribution in [0.25, 0.3) is 0 Å². The van der Waals surface area contributed by atoms with Crippen molar-refractivity contribution in [2.45, 2.75) is 23.8 Å². The normalized spacial score (nSPS) is 27.2. The number of piperidine rings is 3. The first-order chi connectivity index (χ1) is 16.9. The molecule has 1 unspecified atom stereocenters. The number of rotatable bonds is 8. The molecule has 0 aromatic heterocycles. The zero-order valence-electron chi connectivity index (χ0n) is 20.3. The topological polar surface area (TPSA) is 65.1 Å². The number of nitrogens with one attached hydrogen (secondary N) is 1. The molecule has 0 saturated carbocycles. The zero-order chi connectivity index (χ0) is 24.4. The molecular formula is C26H35FN4O3S. The van der Waals surface area contributed by atoms with Crippen LogP contribution >= 0.6 is 0 Å². The molecule has 2 bridgehead atoms. The Balaban J connectivity index is 1.10. The molecular weight excluding hydrogens is 467 g/mol. The summed E-state index contributed by atoms with van der Waals surface area (Å²) in [6, 6.07) is 13.6. The van der Waals surface area contributed by atoms with Gasteiger partial charge in [-0.1, -0.05) is 0 Å². The van der Waals surface area contributed by atoms with Crippen molar-refractivity contribution in [3.05, 3.63) is 54.3 Å². The molecule has 2 aromatic carbocycles. The summed E-state index contributed by atoms with van der Waals surface area (Å²) >= 11 is 0. The van der Waals surface area contributed by atoms with Crippen LogP contribution in [0, 0.1) is 17.7 Å². The first-order valence-electron chi connectivity index (χ1n) is 12.5. The smallest absolute Gasteiger partial charge is 0.240 e. The van der Waals surface area contributed by atoms with Gasteiger partial charge in [0, 0.05) is 57.5 Å². The van der Waals surface area contributed by atoms with E-state index < -0.39 is 10.0 Å². The van der Waals surface area contributed by atoms with Crippen molar-refractivity contribution in [3.63, 3.8) is 0 Å². The number of piperazine rings is 1. The molecule has 4 saturated heterocycles. The second-order valence-corrected chi connectivity index (χ2v) is 11.8. The molecule has 35 heavy (non-hydrogen) atoms. The van der Waals surface area contributed by atoms with Crippen LogP contribution in [-0.4, -0.2) is 83.7 Å². The Hall–Kier alpha value is -2.20. The molecule has 6 rings (SSSR count). The largest absolute Gasteiger partial charge is 0.497 e. The third-order valence-corrected chi connectivity index (χ3v) is 9.39. The predicted octanol–water partition coefficient (Wildman–Crippen LogP) is 2.65. The molecule has 4 aliphatic rings. The Morgan fingerprint density at radius 3 is 2.34 bits per heavy atom. The van der Waals surface area contributed by atoms with Crippen LogP contribution in [0.5, 0.6) is 5.75 Å². The molecule has 0 aliphatic carbocycles. The van der Waals surface area contributed by atoms with Gasteiger partial charge in [0.05, 0.1) is 12.0 Å². The molecule has 9 heteroatoms. The van der Waals surface area contributed by atoms with Gasteiger partial charge in [-0.2, -0.15) is 0 Å². The van der Waals surface area contributed by atoms with Crippen LogP contribution in [-0.2, 0) is 10.0 Å². The highest BCUT2D eigenvalue weighted by molar-refractivity contribution is 7.89. The van der Waals surface area contributed by atoms with Gasteiger partial charge in [0.25, 0.3) is 0 Å². The van der Waals surface area contributed by atoms with Crippen LogP contribution < -0.4 is 14.4 Å². The number of anilines is 1. The van der Waals surface area contributed by atoms with E-state index >= 15 is 0 Å². The van der Waals surface area contributed by atoms with Crippen LogP contribution in [0.15, 0.2) is 53.4 Å². The fourth-order valence-corrected chi connectivity index (χ4v) is 6.96. The SMILES string of the molecule is COc1ccc(S(=O)(=O)NC[C@H]2C[C@@H]3CCN2C[C@@H]3CN2CCN(c3ccc(F)cc3)CC2)cc1. The third-order valence-electron chi connectivity index (χ3n) is 7.95. The van der Waals surface area contributed by atoms with Gasteiger partial charge in [-0.05, 0) is 79.8 Å². The molecule has 7 nitrogen and oxygen atoms in total. The van der Waals surface area contributed by atoms with Crippen molar-refractivity contribution < 1.29 is 17.5 Å². The molecule has 2 aromatic rings. The van der Waals surface area contributed by atoms with E-state index in [0.717, 1.165) is 57.9 Å². The highest BCUT2D eigenvalue weighted by Crippen LogP contribution is 2.37. The van der Waals surface area contributed by atoms with E-state index in [1.165, 1.54) is 18.6 Å². The Morgan fingerprint density at radius 1 is 1.00 bits per heavy atom. The maximum atomic E-state index is 13.2. The Kier molecular flexibility index (Phi) is 7.29. The van der Waals surface area contributed by atoms with E-state index in [1.807, 2.05) is 12.1 Å². The number of halogens is 1. The average Bonchev–Trinajstić information content (AvgIpc) is 2.89. The molecule has 0 radical (unpaired) electrons. The van der Waals surface area contributed by atoms with Crippen molar-refractivity contribution in [2.24, 2.45) is 11.8 Å². The minimum atomic E-state index is -3.53. The van der Waals surface area contributed by atoms with E-state index in [9.17, 15) is 12.8 Å². The highest BCUT2D eigenvalue weighted by Gasteiger charge is 2.41. The number of ether oxygens (including phenoxy) is 1. The van der Waals surface area contributed by atoms with Crippen LogP contribution in [0.4, 0.5) is 10.1 Å². The molecule has 0 amide bonds. The summed E-state index contributed by atoms with van der Waals surface area (Å²) < 4.78 is 46.7. The van der Waals surface area contributed by atoms with Gasteiger partial charge in [0.1, 0.15) is 11.6 Å². The van der Waals surface area contributed by atoms with E-state index in [1.54, 1.807) is 31.4 Å². The third kappa shape index (κ3) is 5.63. The van der Waals surface area contributed by atoms with Crippen molar-refractivity contribution in [1.29, 1.82) is 0 Å². The quantitative estimate of drug-likeness (QED) is 0.599. The molecule has 4 heterocycles. The van der Waals surface area contributed by atoms with Gasteiger partial charge in [-0.3, -0.25) is 9.80 Å².